The zero-order valence-corrected chi connectivity index (χ0v) is 29.1. The van der Waals surface area contributed by atoms with Crippen molar-refractivity contribution in [2.24, 2.45) is 0 Å². The molecule has 1 fully saturated rings. The van der Waals surface area contributed by atoms with Crippen molar-refractivity contribution in [1.82, 2.24) is 34.8 Å². The third kappa shape index (κ3) is 4.81. The number of likely N-dealkylation sites (tertiary alicyclic amines) is 1. The topological polar surface area (TPSA) is 174 Å². The summed E-state index contributed by atoms with van der Waals surface area (Å²) in [5, 5.41) is 21.1. The highest BCUT2D eigenvalue weighted by molar-refractivity contribution is 7.16. The third-order valence-electron chi connectivity index (χ3n) is 10.9. The lowest BCUT2D eigenvalue weighted by Gasteiger charge is -2.38. The molecule has 0 amide bonds. The van der Waals surface area contributed by atoms with Gasteiger partial charge in [-0.2, -0.15) is 10.4 Å². The molecule has 0 radical (unpaired) electrons. The van der Waals surface area contributed by atoms with Gasteiger partial charge in [0.1, 0.15) is 22.7 Å². The normalized spacial score (nSPS) is 21.8. The van der Waals surface area contributed by atoms with E-state index in [-0.39, 0.29) is 12.1 Å². The van der Waals surface area contributed by atoms with Crippen LogP contribution in [0, 0.1) is 11.3 Å². The van der Waals surface area contributed by atoms with E-state index < -0.39 is 5.60 Å². The van der Waals surface area contributed by atoms with Crippen molar-refractivity contribution in [2.45, 2.75) is 83.0 Å². The Morgan fingerprint density at radius 1 is 1.22 bits per heavy atom. The van der Waals surface area contributed by atoms with Crippen LogP contribution < -0.4 is 16.4 Å². The fourth-order valence-corrected chi connectivity index (χ4v) is 9.56. The number of nitrogen functional groups attached to an aromatic ring is 2. The van der Waals surface area contributed by atoms with Crippen LogP contribution in [-0.4, -0.2) is 67.6 Å². The summed E-state index contributed by atoms with van der Waals surface area (Å²) in [6.45, 7) is 8.60. The predicted octanol–water partition coefficient (Wildman–Crippen LogP) is 5.37. The molecule has 0 unspecified atom stereocenters. The van der Waals surface area contributed by atoms with E-state index in [9.17, 15) is 5.26 Å². The standard InChI is InChI=1S/C35H41N11O2S/c1-5-45(19(2)21-9-7-14-39-30(21)37)33-24-18-40-46(20(3)25-10-8-15-44(25)4)34(24)42-32(41-33)28-22-12-16-47-35(29(22)48-43-28)13-6-11-26-27(35)23(17-36)31(38)49-26/h7,9,14,18-20,25H,5-6,8,10-13,15-16,38H2,1-4H3,(H2,37,39)/t19-,20+,25+,35-/m1/s1. The number of aromatic nitrogens is 6. The zero-order chi connectivity index (χ0) is 34.0. The highest BCUT2D eigenvalue weighted by Crippen LogP contribution is 2.53. The SMILES string of the molecule is CCN(c1nc(-c2noc3c2CCO[C@@]32CCCc3sc(N)c(C#N)c32)nc2c1cnn2[C@@H](C)[C@@H]1CCCN1C)[C@H](C)c1cccnc1N. The van der Waals surface area contributed by atoms with Crippen LogP contribution in [0.25, 0.3) is 22.6 Å². The molecule has 1 aliphatic carbocycles. The first-order valence-corrected chi connectivity index (χ1v) is 18.0. The number of ether oxygens (including phenoxy) is 1. The minimum atomic E-state index is -0.927. The van der Waals surface area contributed by atoms with Gasteiger partial charge in [0.05, 0.1) is 35.8 Å². The van der Waals surface area contributed by atoms with Gasteiger partial charge in [-0.05, 0) is 72.5 Å². The third-order valence-corrected chi connectivity index (χ3v) is 12.0. The summed E-state index contributed by atoms with van der Waals surface area (Å²) in [4.78, 5) is 20.5. The van der Waals surface area contributed by atoms with Crippen molar-refractivity contribution in [3.8, 4) is 17.6 Å². The van der Waals surface area contributed by atoms with Crippen molar-refractivity contribution >= 4 is 39.0 Å². The molecule has 5 aromatic heterocycles. The largest absolute Gasteiger partial charge is 0.389 e. The predicted molar refractivity (Wildman–Crippen MR) is 188 cm³/mol. The summed E-state index contributed by atoms with van der Waals surface area (Å²) in [5.41, 5.74) is 16.3. The number of fused-ring (bicyclic) bond motifs is 5. The van der Waals surface area contributed by atoms with E-state index in [1.165, 1.54) is 11.3 Å². The first kappa shape index (κ1) is 31.7. The molecular weight excluding hydrogens is 639 g/mol. The summed E-state index contributed by atoms with van der Waals surface area (Å²) in [6.07, 6.45) is 8.82. The monoisotopic (exact) mass is 679 g/mol. The number of nitriles is 1. The highest BCUT2D eigenvalue weighted by atomic mass is 32.1. The van der Waals surface area contributed by atoms with Crippen LogP contribution in [0.2, 0.25) is 0 Å². The van der Waals surface area contributed by atoms with Gasteiger partial charge in [0.25, 0.3) is 0 Å². The summed E-state index contributed by atoms with van der Waals surface area (Å²) >= 11 is 1.47. The van der Waals surface area contributed by atoms with E-state index in [2.05, 4.69) is 53.8 Å². The summed E-state index contributed by atoms with van der Waals surface area (Å²) in [5.74, 6) is 2.31. The lowest BCUT2D eigenvalue weighted by molar-refractivity contribution is -0.0580. The van der Waals surface area contributed by atoms with Crippen molar-refractivity contribution in [2.75, 3.05) is 43.1 Å². The van der Waals surface area contributed by atoms with E-state index in [0.29, 0.717) is 65.7 Å². The number of nitrogens with two attached hydrogens (primary N) is 2. The fourth-order valence-electron chi connectivity index (χ4n) is 8.43. The van der Waals surface area contributed by atoms with Gasteiger partial charge in [0.15, 0.2) is 28.5 Å². The second-order valence-corrected chi connectivity index (χ2v) is 14.6. The second-order valence-electron chi connectivity index (χ2n) is 13.4. The van der Waals surface area contributed by atoms with Crippen molar-refractivity contribution < 1.29 is 9.26 Å². The Labute approximate surface area is 288 Å². The van der Waals surface area contributed by atoms with Gasteiger partial charge < -0.3 is 30.5 Å². The molecule has 0 aromatic carbocycles. The van der Waals surface area contributed by atoms with Crippen LogP contribution in [0.4, 0.5) is 16.6 Å². The number of anilines is 3. The number of likely N-dealkylation sites (N-methyl/N-ethyl adjacent to an activating group) is 1. The van der Waals surface area contributed by atoms with Gasteiger partial charge >= 0.3 is 0 Å². The molecule has 13 nitrogen and oxygen atoms in total. The van der Waals surface area contributed by atoms with Gasteiger partial charge in [-0.1, -0.05) is 11.2 Å². The van der Waals surface area contributed by atoms with Crippen LogP contribution in [0.15, 0.2) is 29.0 Å². The minimum Gasteiger partial charge on any atom is -0.389 e. The molecule has 14 heteroatoms. The van der Waals surface area contributed by atoms with Crippen LogP contribution in [0.3, 0.4) is 0 Å². The summed E-state index contributed by atoms with van der Waals surface area (Å²) in [7, 11) is 2.18. The molecule has 0 bridgehead atoms. The lowest BCUT2D eigenvalue weighted by Crippen LogP contribution is -2.39. The second kappa shape index (κ2) is 12.1. The Kier molecular flexibility index (Phi) is 7.81. The molecule has 7 heterocycles. The highest BCUT2D eigenvalue weighted by Gasteiger charge is 2.50. The number of hydrogen-bond acceptors (Lipinski definition) is 13. The quantitative estimate of drug-likeness (QED) is 0.225. The van der Waals surface area contributed by atoms with Gasteiger partial charge in [0, 0.05) is 46.8 Å². The smallest absolute Gasteiger partial charge is 0.186 e. The van der Waals surface area contributed by atoms with Gasteiger partial charge in [0.2, 0.25) is 0 Å². The van der Waals surface area contributed by atoms with Gasteiger partial charge in [-0.25, -0.2) is 19.6 Å². The maximum atomic E-state index is 10.1. The number of hydrogen-bond donors (Lipinski definition) is 2. The molecular formula is C35H41N11O2S. The van der Waals surface area contributed by atoms with Crippen molar-refractivity contribution in [1.29, 1.82) is 5.26 Å². The van der Waals surface area contributed by atoms with Crippen LogP contribution in [0.1, 0.15) is 91.4 Å². The molecule has 3 aliphatic rings. The number of pyridine rings is 1. The Morgan fingerprint density at radius 2 is 2.08 bits per heavy atom. The first-order valence-electron chi connectivity index (χ1n) is 17.1. The Bertz CT molecular complexity index is 2090. The summed E-state index contributed by atoms with van der Waals surface area (Å²) < 4.78 is 14.9. The van der Waals surface area contributed by atoms with Gasteiger partial charge in [-0.3, -0.25) is 0 Å². The Hall–Kier alpha value is -4.58. The van der Waals surface area contributed by atoms with Crippen molar-refractivity contribution in [3.63, 3.8) is 0 Å². The van der Waals surface area contributed by atoms with Crippen LogP contribution in [-0.2, 0) is 23.2 Å². The maximum absolute atomic E-state index is 10.1. The fraction of sp³-hybridized carbons (Fsp3) is 0.486. The van der Waals surface area contributed by atoms with E-state index in [0.717, 1.165) is 70.6 Å². The minimum absolute atomic E-state index is 0.0825. The van der Waals surface area contributed by atoms with E-state index in [4.69, 9.17) is 35.8 Å². The molecule has 49 heavy (non-hydrogen) atoms. The molecule has 4 atom stereocenters. The summed E-state index contributed by atoms with van der Waals surface area (Å²) in [6, 6.07) is 6.55. The zero-order valence-electron chi connectivity index (χ0n) is 28.3. The maximum Gasteiger partial charge on any atom is 0.186 e. The average molecular weight is 680 g/mol. The number of thiophene rings is 1. The number of aryl methyl sites for hydroxylation is 1. The Balaban J connectivity index is 1.31. The molecule has 254 valence electrons. The first-order chi connectivity index (χ1) is 23.8. The van der Waals surface area contributed by atoms with Crippen LogP contribution in [0.5, 0.6) is 0 Å². The number of nitrogens with zero attached hydrogens (tertiary/aromatic N) is 9. The molecule has 5 aromatic rings. The van der Waals surface area contributed by atoms with E-state index >= 15 is 0 Å². The molecule has 1 spiro atoms. The molecule has 4 N–H and O–H groups in total. The Morgan fingerprint density at radius 3 is 2.84 bits per heavy atom. The molecule has 0 saturated carbocycles. The molecule has 8 rings (SSSR count). The van der Waals surface area contributed by atoms with E-state index in [1.54, 1.807) is 6.20 Å². The van der Waals surface area contributed by atoms with Crippen LogP contribution >= 0.6 is 11.3 Å². The molecule has 2 aliphatic heterocycles. The average Bonchev–Trinajstić information content (AvgIpc) is 3.90. The van der Waals surface area contributed by atoms with E-state index in [1.807, 2.05) is 23.0 Å². The number of rotatable bonds is 7. The lowest BCUT2D eigenvalue weighted by atomic mass is 9.76. The van der Waals surface area contributed by atoms with Gasteiger partial charge in [-0.15, -0.1) is 11.3 Å². The molecule has 1 saturated heterocycles. The van der Waals surface area contributed by atoms with Crippen molar-refractivity contribution in [3.05, 3.63) is 57.4 Å².